The maximum atomic E-state index is 13.2. The van der Waals surface area contributed by atoms with E-state index in [1.54, 1.807) is 36.4 Å². The summed E-state index contributed by atoms with van der Waals surface area (Å²) in [5.74, 6) is 0.375. The highest BCUT2D eigenvalue weighted by Crippen LogP contribution is 2.28. The van der Waals surface area contributed by atoms with Gasteiger partial charge in [0.05, 0.1) is 7.11 Å². The predicted octanol–water partition coefficient (Wildman–Crippen LogP) is 4.71. The highest BCUT2D eigenvalue weighted by Gasteiger charge is 2.30. The second-order valence-electron chi connectivity index (χ2n) is 6.88. The molecule has 2 aromatic rings. The van der Waals surface area contributed by atoms with Gasteiger partial charge in [0.2, 0.25) is 5.91 Å². The van der Waals surface area contributed by atoms with E-state index in [0.717, 1.165) is 6.42 Å². The van der Waals surface area contributed by atoms with E-state index in [1.165, 1.54) is 12.0 Å². The lowest BCUT2D eigenvalue weighted by Crippen LogP contribution is -2.50. The van der Waals surface area contributed by atoms with Gasteiger partial charge in [-0.15, -0.1) is 0 Å². The normalized spacial score (nSPS) is 11.5. The lowest BCUT2D eigenvalue weighted by Gasteiger charge is -2.31. The van der Waals surface area contributed by atoms with Crippen molar-refractivity contribution in [2.45, 2.75) is 39.3 Å². The zero-order valence-electron chi connectivity index (χ0n) is 18.0. The second kappa shape index (κ2) is 12.4. The molecule has 0 bridgehead atoms. The Morgan fingerprint density at radius 3 is 2.26 bits per heavy atom. The van der Waals surface area contributed by atoms with E-state index in [9.17, 15) is 9.59 Å². The first-order valence-electron chi connectivity index (χ1n) is 10.2. The molecule has 1 N–H and O–H groups in total. The molecule has 0 aliphatic carbocycles. The van der Waals surface area contributed by atoms with Crippen molar-refractivity contribution in [2.75, 3.05) is 20.3 Å². The third kappa shape index (κ3) is 6.77. The molecule has 0 aromatic heterocycles. The SMILES string of the molecule is CCCNC(=O)C(CC)N(Cc1c(Cl)cccc1Cl)C(=O)COc1ccccc1OC. The van der Waals surface area contributed by atoms with Gasteiger partial charge >= 0.3 is 0 Å². The van der Waals surface area contributed by atoms with Gasteiger partial charge < -0.3 is 19.7 Å². The van der Waals surface area contributed by atoms with Gasteiger partial charge in [0.1, 0.15) is 6.04 Å². The summed E-state index contributed by atoms with van der Waals surface area (Å²) in [6.45, 7) is 4.17. The summed E-state index contributed by atoms with van der Waals surface area (Å²) < 4.78 is 11.0. The van der Waals surface area contributed by atoms with Crippen LogP contribution >= 0.6 is 23.2 Å². The third-order valence-electron chi connectivity index (χ3n) is 4.75. The minimum atomic E-state index is -0.687. The first kappa shape index (κ1) is 24.8. The maximum Gasteiger partial charge on any atom is 0.261 e. The van der Waals surface area contributed by atoms with Crippen molar-refractivity contribution in [1.82, 2.24) is 10.2 Å². The predicted molar refractivity (Wildman–Crippen MR) is 123 cm³/mol. The van der Waals surface area contributed by atoms with Gasteiger partial charge in [-0.25, -0.2) is 0 Å². The Labute approximate surface area is 193 Å². The van der Waals surface area contributed by atoms with Crippen molar-refractivity contribution < 1.29 is 19.1 Å². The first-order valence-corrected chi connectivity index (χ1v) is 10.9. The Hall–Kier alpha value is -2.44. The average Bonchev–Trinajstić information content (AvgIpc) is 2.77. The van der Waals surface area contributed by atoms with E-state index in [4.69, 9.17) is 32.7 Å². The number of hydrogen-bond donors (Lipinski definition) is 1. The molecule has 0 fully saturated rings. The number of para-hydroxylation sites is 2. The Bertz CT molecular complexity index is 871. The van der Waals surface area contributed by atoms with Crippen LogP contribution in [0.3, 0.4) is 0 Å². The van der Waals surface area contributed by atoms with Gasteiger partial charge in [-0.1, -0.05) is 55.2 Å². The summed E-state index contributed by atoms with van der Waals surface area (Å²) in [7, 11) is 1.53. The number of nitrogens with one attached hydrogen (secondary N) is 1. The lowest BCUT2D eigenvalue weighted by molar-refractivity contribution is -0.143. The van der Waals surface area contributed by atoms with E-state index >= 15 is 0 Å². The van der Waals surface area contributed by atoms with Crippen molar-refractivity contribution in [3.8, 4) is 11.5 Å². The number of nitrogens with zero attached hydrogens (tertiary/aromatic N) is 1. The topological polar surface area (TPSA) is 67.9 Å². The zero-order chi connectivity index (χ0) is 22.8. The summed E-state index contributed by atoms with van der Waals surface area (Å²) in [5.41, 5.74) is 0.582. The number of amides is 2. The number of hydrogen-bond acceptors (Lipinski definition) is 4. The minimum absolute atomic E-state index is 0.0880. The van der Waals surface area contributed by atoms with Gasteiger partial charge in [-0.3, -0.25) is 9.59 Å². The summed E-state index contributed by atoms with van der Waals surface area (Å²) in [6.07, 6.45) is 1.22. The molecule has 0 heterocycles. The van der Waals surface area contributed by atoms with Crippen LogP contribution in [0.5, 0.6) is 11.5 Å². The van der Waals surface area contributed by atoms with Gasteiger partial charge in [0.25, 0.3) is 5.91 Å². The molecule has 0 saturated carbocycles. The standard InChI is InChI=1S/C23H28Cl2N2O4/c1-4-13-26-23(29)19(5-2)27(14-16-17(24)9-8-10-18(16)25)22(28)15-31-21-12-7-6-11-20(21)30-3/h6-12,19H,4-5,13-15H2,1-3H3,(H,26,29). The molecular formula is C23H28Cl2N2O4. The monoisotopic (exact) mass is 466 g/mol. The molecule has 168 valence electrons. The fraction of sp³-hybridized carbons (Fsp3) is 0.391. The van der Waals surface area contributed by atoms with Crippen LogP contribution in [0.2, 0.25) is 10.0 Å². The van der Waals surface area contributed by atoms with E-state index in [2.05, 4.69) is 5.32 Å². The van der Waals surface area contributed by atoms with Crippen LogP contribution in [-0.4, -0.2) is 43.0 Å². The van der Waals surface area contributed by atoms with Crippen molar-refractivity contribution in [3.63, 3.8) is 0 Å². The molecule has 0 spiro atoms. The number of ether oxygens (including phenoxy) is 2. The van der Waals surface area contributed by atoms with Gasteiger partial charge in [-0.2, -0.15) is 0 Å². The molecule has 1 unspecified atom stereocenters. The number of carbonyl (C=O) groups excluding carboxylic acids is 2. The molecule has 8 heteroatoms. The second-order valence-corrected chi connectivity index (χ2v) is 7.69. The van der Waals surface area contributed by atoms with Crippen LogP contribution in [0.1, 0.15) is 32.3 Å². The lowest BCUT2D eigenvalue weighted by atomic mass is 10.1. The Balaban J connectivity index is 2.28. The van der Waals surface area contributed by atoms with E-state index in [0.29, 0.717) is 40.1 Å². The molecular weight excluding hydrogens is 439 g/mol. The van der Waals surface area contributed by atoms with Crippen molar-refractivity contribution in [1.29, 1.82) is 0 Å². The third-order valence-corrected chi connectivity index (χ3v) is 5.45. The van der Waals surface area contributed by atoms with Gasteiger partial charge in [-0.05, 0) is 37.1 Å². The summed E-state index contributed by atoms with van der Waals surface area (Å²) in [6, 6.07) is 11.5. The van der Waals surface area contributed by atoms with Gasteiger partial charge in [0, 0.05) is 28.7 Å². The maximum absolute atomic E-state index is 13.2. The molecule has 2 rings (SSSR count). The van der Waals surface area contributed by atoms with Crippen LogP contribution in [0.4, 0.5) is 0 Å². The minimum Gasteiger partial charge on any atom is -0.493 e. The Kier molecular flexibility index (Phi) is 9.95. The molecule has 0 saturated heterocycles. The number of benzene rings is 2. The molecule has 2 aromatic carbocycles. The highest BCUT2D eigenvalue weighted by molar-refractivity contribution is 6.36. The van der Waals surface area contributed by atoms with Crippen LogP contribution in [0, 0.1) is 0 Å². The van der Waals surface area contributed by atoms with Crippen LogP contribution in [0.25, 0.3) is 0 Å². The fourth-order valence-electron chi connectivity index (χ4n) is 3.10. The van der Waals surface area contributed by atoms with Crippen LogP contribution < -0.4 is 14.8 Å². The molecule has 31 heavy (non-hydrogen) atoms. The molecule has 0 aliphatic heterocycles. The number of methoxy groups -OCH3 is 1. The summed E-state index contributed by atoms with van der Waals surface area (Å²) in [5, 5.41) is 3.73. The molecule has 1 atom stereocenters. The highest BCUT2D eigenvalue weighted by atomic mass is 35.5. The van der Waals surface area contributed by atoms with Crippen molar-refractivity contribution >= 4 is 35.0 Å². The van der Waals surface area contributed by atoms with E-state index < -0.39 is 6.04 Å². The largest absolute Gasteiger partial charge is 0.493 e. The van der Waals surface area contributed by atoms with Crippen molar-refractivity contribution in [3.05, 3.63) is 58.1 Å². The summed E-state index contributed by atoms with van der Waals surface area (Å²) in [4.78, 5) is 27.5. The fourth-order valence-corrected chi connectivity index (χ4v) is 3.62. The number of carbonyl (C=O) groups is 2. The quantitative estimate of drug-likeness (QED) is 0.520. The molecule has 0 radical (unpaired) electrons. The molecule has 0 aliphatic rings. The van der Waals surface area contributed by atoms with Crippen LogP contribution in [0.15, 0.2) is 42.5 Å². The Morgan fingerprint density at radius 2 is 1.68 bits per heavy atom. The molecule has 2 amide bonds. The summed E-state index contributed by atoms with van der Waals surface area (Å²) >= 11 is 12.7. The van der Waals surface area contributed by atoms with E-state index in [1.807, 2.05) is 19.9 Å². The Morgan fingerprint density at radius 1 is 1.03 bits per heavy atom. The number of rotatable bonds is 11. The van der Waals surface area contributed by atoms with E-state index in [-0.39, 0.29) is 25.0 Å². The zero-order valence-corrected chi connectivity index (χ0v) is 19.5. The van der Waals surface area contributed by atoms with Crippen molar-refractivity contribution in [2.24, 2.45) is 0 Å². The van der Waals surface area contributed by atoms with Gasteiger partial charge in [0.15, 0.2) is 18.1 Å². The molecule has 6 nitrogen and oxygen atoms in total. The first-order chi connectivity index (χ1) is 14.9. The van der Waals surface area contributed by atoms with Crippen LogP contribution in [-0.2, 0) is 16.1 Å². The number of halogens is 2. The smallest absolute Gasteiger partial charge is 0.261 e. The average molecular weight is 467 g/mol.